The molecule has 1 rings (SSSR count). The van der Waals surface area contributed by atoms with Crippen molar-refractivity contribution in [1.29, 1.82) is 0 Å². The van der Waals surface area contributed by atoms with Gasteiger partial charge in [-0.3, -0.25) is 0 Å². The lowest BCUT2D eigenvalue weighted by atomic mass is 10.1. The Morgan fingerprint density at radius 1 is 1.20 bits per heavy atom. The summed E-state index contributed by atoms with van der Waals surface area (Å²) < 4.78 is 30.0. The first-order valence-electron chi connectivity index (χ1n) is 6.24. The molecular formula is C14H21NO4S. The minimum absolute atomic E-state index is 0.296. The van der Waals surface area contributed by atoms with E-state index in [0.717, 1.165) is 5.56 Å². The lowest BCUT2D eigenvalue weighted by Crippen LogP contribution is -2.38. The normalized spacial score (nSPS) is 12.2. The predicted molar refractivity (Wildman–Crippen MR) is 77.5 cm³/mol. The number of rotatable bonds is 4. The van der Waals surface area contributed by atoms with Crippen LogP contribution in [0.2, 0.25) is 0 Å². The molecule has 0 spiro atoms. The van der Waals surface area contributed by atoms with E-state index in [1.807, 2.05) is 19.1 Å². The molecule has 0 fully saturated rings. The third-order valence-electron chi connectivity index (χ3n) is 2.83. The average molecular weight is 299 g/mol. The van der Waals surface area contributed by atoms with Crippen LogP contribution in [0.3, 0.4) is 0 Å². The zero-order valence-corrected chi connectivity index (χ0v) is 13.3. The number of hydrogen-bond acceptors (Lipinski definition) is 4. The van der Waals surface area contributed by atoms with E-state index in [1.165, 1.54) is 13.8 Å². The number of hydrogen-bond donors (Lipinski definition) is 1. The highest BCUT2D eigenvalue weighted by atomic mass is 32.2. The minimum atomic E-state index is -3.57. The van der Waals surface area contributed by atoms with E-state index in [4.69, 9.17) is 10.5 Å². The zero-order chi connectivity index (χ0) is 15.7. The number of ether oxygens (including phenoxy) is 1. The van der Waals surface area contributed by atoms with Crippen LogP contribution >= 0.6 is 0 Å². The summed E-state index contributed by atoms with van der Waals surface area (Å²) >= 11 is 0. The molecule has 112 valence electrons. The van der Waals surface area contributed by atoms with Gasteiger partial charge >= 0.3 is 6.09 Å². The second kappa shape index (κ2) is 5.44. The van der Waals surface area contributed by atoms with E-state index in [1.54, 1.807) is 13.8 Å². The summed E-state index contributed by atoms with van der Waals surface area (Å²) in [6, 6.07) is 3.64. The van der Waals surface area contributed by atoms with Crippen LogP contribution in [0.5, 0.6) is 0 Å². The lowest BCUT2D eigenvalue weighted by molar-refractivity contribution is 0.0622. The van der Waals surface area contributed by atoms with E-state index in [-0.39, 0.29) is 5.75 Å². The van der Waals surface area contributed by atoms with E-state index >= 15 is 0 Å². The first kappa shape index (κ1) is 16.5. The van der Waals surface area contributed by atoms with Gasteiger partial charge in [0.2, 0.25) is 0 Å². The van der Waals surface area contributed by atoms with Crippen LogP contribution < -0.4 is 5.73 Å². The van der Waals surface area contributed by atoms with E-state index in [0.29, 0.717) is 16.0 Å². The number of primary amides is 1. The van der Waals surface area contributed by atoms with Crippen LogP contribution in [0.15, 0.2) is 17.0 Å². The van der Waals surface area contributed by atoms with Crippen molar-refractivity contribution in [2.24, 2.45) is 5.73 Å². The Labute approximate surface area is 120 Å². The van der Waals surface area contributed by atoms with Gasteiger partial charge in [-0.15, -0.1) is 0 Å². The fourth-order valence-electron chi connectivity index (χ4n) is 2.49. The smallest absolute Gasteiger partial charge is 0.405 e. The van der Waals surface area contributed by atoms with Crippen molar-refractivity contribution in [3.63, 3.8) is 0 Å². The van der Waals surface area contributed by atoms with Gasteiger partial charge in [-0.1, -0.05) is 17.7 Å². The van der Waals surface area contributed by atoms with E-state index in [9.17, 15) is 13.2 Å². The van der Waals surface area contributed by atoms with Crippen molar-refractivity contribution in [3.05, 3.63) is 28.8 Å². The van der Waals surface area contributed by atoms with Gasteiger partial charge < -0.3 is 10.5 Å². The molecule has 5 nitrogen and oxygen atoms in total. The van der Waals surface area contributed by atoms with Crippen molar-refractivity contribution >= 4 is 15.9 Å². The zero-order valence-electron chi connectivity index (χ0n) is 12.5. The number of sulfone groups is 1. The molecule has 1 aromatic carbocycles. The number of amides is 1. The van der Waals surface area contributed by atoms with Gasteiger partial charge in [-0.05, 0) is 45.7 Å². The highest BCUT2D eigenvalue weighted by Gasteiger charge is 2.32. The molecule has 0 heterocycles. The monoisotopic (exact) mass is 299 g/mol. The van der Waals surface area contributed by atoms with Crippen molar-refractivity contribution in [3.8, 4) is 0 Å². The Balaban J connectivity index is 3.22. The number of benzene rings is 1. The quantitative estimate of drug-likeness (QED) is 0.924. The Morgan fingerprint density at radius 2 is 1.65 bits per heavy atom. The molecular weight excluding hydrogens is 278 g/mol. The number of aryl methyl sites for hydroxylation is 3. The van der Waals surface area contributed by atoms with Gasteiger partial charge in [-0.25, -0.2) is 13.2 Å². The summed E-state index contributed by atoms with van der Waals surface area (Å²) in [6.45, 7) is 8.47. The number of nitrogens with two attached hydrogens (primary N) is 1. The summed E-state index contributed by atoms with van der Waals surface area (Å²) in [4.78, 5) is 11.1. The molecule has 0 radical (unpaired) electrons. The molecule has 0 aliphatic rings. The van der Waals surface area contributed by atoms with Crippen molar-refractivity contribution < 1.29 is 17.9 Å². The molecule has 0 unspecified atom stereocenters. The lowest BCUT2D eigenvalue weighted by Gasteiger charge is -2.24. The number of carbonyl (C=O) groups is 1. The standard InChI is InChI=1S/C14H21NO4S/c1-9-6-10(2)12(11(3)7-9)20(17,18)8-14(4,5)19-13(15)16/h6-7H,8H2,1-5H3,(H2,15,16). The van der Waals surface area contributed by atoms with Crippen LogP contribution in [0.25, 0.3) is 0 Å². The van der Waals surface area contributed by atoms with E-state index < -0.39 is 21.5 Å². The van der Waals surface area contributed by atoms with E-state index in [2.05, 4.69) is 0 Å². The summed E-state index contributed by atoms with van der Waals surface area (Å²) in [7, 11) is -3.57. The maximum Gasteiger partial charge on any atom is 0.405 e. The van der Waals surface area contributed by atoms with Crippen LogP contribution in [-0.2, 0) is 14.6 Å². The Hall–Kier alpha value is -1.56. The summed E-state index contributed by atoms with van der Waals surface area (Å²) in [5, 5.41) is 0. The second-order valence-corrected chi connectivity index (χ2v) is 7.59. The molecule has 1 amide bonds. The van der Waals surface area contributed by atoms with Crippen LogP contribution in [0, 0.1) is 20.8 Å². The minimum Gasteiger partial charge on any atom is -0.443 e. The molecule has 6 heteroatoms. The molecule has 20 heavy (non-hydrogen) atoms. The molecule has 0 aliphatic carbocycles. The van der Waals surface area contributed by atoms with Crippen molar-refractivity contribution in [2.45, 2.75) is 45.1 Å². The Morgan fingerprint density at radius 3 is 2.05 bits per heavy atom. The third kappa shape index (κ3) is 3.96. The molecule has 0 aliphatic heterocycles. The molecule has 0 atom stereocenters. The van der Waals surface area contributed by atoms with Crippen LogP contribution in [0.4, 0.5) is 4.79 Å². The number of carbonyl (C=O) groups excluding carboxylic acids is 1. The fourth-order valence-corrected chi connectivity index (χ4v) is 4.71. The second-order valence-electron chi connectivity index (χ2n) is 5.67. The Kier molecular flexibility index (Phi) is 4.49. The first-order chi connectivity index (χ1) is 8.94. The SMILES string of the molecule is Cc1cc(C)c(S(=O)(=O)CC(C)(C)OC(N)=O)c(C)c1. The summed E-state index contributed by atoms with van der Waals surface area (Å²) in [6.07, 6.45) is -0.984. The van der Waals surface area contributed by atoms with Gasteiger partial charge in [0.1, 0.15) is 5.60 Å². The van der Waals surface area contributed by atoms with Gasteiger partial charge in [-0.2, -0.15) is 0 Å². The largest absolute Gasteiger partial charge is 0.443 e. The molecule has 1 aromatic rings. The molecule has 0 saturated heterocycles. The molecule has 0 aromatic heterocycles. The highest BCUT2D eigenvalue weighted by Crippen LogP contribution is 2.26. The van der Waals surface area contributed by atoms with Crippen LogP contribution in [-0.4, -0.2) is 25.9 Å². The van der Waals surface area contributed by atoms with Gasteiger partial charge in [0.15, 0.2) is 9.84 Å². The molecule has 2 N–H and O–H groups in total. The molecule has 0 saturated carbocycles. The van der Waals surface area contributed by atoms with Gasteiger partial charge in [0.25, 0.3) is 0 Å². The topological polar surface area (TPSA) is 86.5 Å². The van der Waals surface area contributed by atoms with Crippen molar-refractivity contribution in [1.82, 2.24) is 0 Å². The third-order valence-corrected chi connectivity index (χ3v) is 5.17. The highest BCUT2D eigenvalue weighted by molar-refractivity contribution is 7.91. The summed E-state index contributed by atoms with van der Waals surface area (Å²) in [5.74, 6) is -0.312. The predicted octanol–water partition coefficient (Wildman–Crippen LogP) is 2.26. The van der Waals surface area contributed by atoms with Gasteiger partial charge in [0, 0.05) is 0 Å². The Bertz CT molecular complexity index is 610. The first-order valence-corrected chi connectivity index (χ1v) is 7.89. The van der Waals surface area contributed by atoms with Crippen LogP contribution in [0.1, 0.15) is 30.5 Å². The van der Waals surface area contributed by atoms with Gasteiger partial charge in [0.05, 0.1) is 10.6 Å². The van der Waals surface area contributed by atoms with Crippen molar-refractivity contribution in [2.75, 3.05) is 5.75 Å². The fraction of sp³-hybridized carbons (Fsp3) is 0.500. The summed E-state index contributed by atoms with van der Waals surface area (Å²) in [5.41, 5.74) is 6.18. The average Bonchev–Trinajstić information content (AvgIpc) is 2.08. The maximum absolute atomic E-state index is 12.6. The molecule has 0 bridgehead atoms. The maximum atomic E-state index is 12.6.